The molecule has 0 atom stereocenters. The molecule has 2 aliphatic heterocycles. The lowest BCUT2D eigenvalue weighted by atomic mass is 9.78. The maximum atomic E-state index is 13.0. The molecule has 2 fully saturated rings. The highest BCUT2D eigenvalue weighted by molar-refractivity contribution is 5.89. The largest absolute Gasteiger partial charge is 0.371 e. The molecule has 4 heterocycles. The van der Waals surface area contributed by atoms with Crippen molar-refractivity contribution in [3.63, 3.8) is 0 Å². The minimum absolute atomic E-state index is 0.0440. The summed E-state index contributed by atoms with van der Waals surface area (Å²) in [4.78, 5) is 25.9. The van der Waals surface area contributed by atoms with Crippen molar-refractivity contribution in [2.24, 2.45) is 5.41 Å². The van der Waals surface area contributed by atoms with E-state index in [9.17, 15) is 4.79 Å². The first-order valence-corrected chi connectivity index (χ1v) is 9.61. The van der Waals surface area contributed by atoms with Crippen molar-refractivity contribution in [3.8, 4) is 0 Å². The van der Waals surface area contributed by atoms with Crippen molar-refractivity contribution < 1.29 is 4.79 Å². The standard InChI is InChI=1S/C21H23N5O/c27-20(26-16-23-18-3-1-2-4-19(18)26)24-12-7-21(8-13-24)9-14-25(15-21)17-5-10-22-11-6-17/h1-6,10-11,16H,7-9,12-15H2. The molecule has 3 aromatic rings. The van der Waals surface area contributed by atoms with E-state index in [2.05, 4.69) is 27.0 Å². The second-order valence-corrected chi connectivity index (χ2v) is 7.75. The van der Waals surface area contributed by atoms with Gasteiger partial charge in [-0.25, -0.2) is 9.78 Å². The summed E-state index contributed by atoms with van der Waals surface area (Å²) in [5.41, 5.74) is 3.33. The molecule has 0 unspecified atom stereocenters. The fraction of sp³-hybridized carbons (Fsp3) is 0.381. The first-order valence-electron chi connectivity index (χ1n) is 9.61. The molecule has 0 bridgehead atoms. The van der Waals surface area contributed by atoms with Crippen LogP contribution in [0.5, 0.6) is 0 Å². The topological polar surface area (TPSA) is 54.3 Å². The van der Waals surface area contributed by atoms with Crippen LogP contribution in [0.15, 0.2) is 55.1 Å². The number of likely N-dealkylation sites (tertiary alicyclic amines) is 1. The molecular formula is C21H23N5O. The molecule has 1 amide bonds. The average Bonchev–Trinajstić information content (AvgIpc) is 3.34. The van der Waals surface area contributed by atoms with Crippen molar-refractivity contribution >= 4 is 22.8 Å². The van der Waals surface area contributed by atoms with Crippen molar-refractivity contribution in [1.82, 2.24) is 19.4 Å². The van der Waals surface area contributed by atoms with Gasteiger partial charge in [-0.15, -0.1) is 0 Å². The summed E-state index contributed by atoms with van der Waals surface area (Å²) in [7, 11) is 0. The molecule has 6 heteroatoms. The summed E-state index contributed by atoms with van der Waals surface area (Å²) < 4.78 is 1.69. The van der Waals surface area contributed by atoms with E-state index in [0.29, 0.717) is 5.41 Å². The number of anilines is 1. The number of imidazole rings is 1. The molecule has 5 rings (SSSR count). The lowest BCUT2D eigenvalue weighted by Crippen LogP contribution is -2.45. The highest BCUT2D eigenvalue weighted by Gasteiger charge is 2.41. The predicted octanol–water partition coefficient (Wildman–Crippen LogP) is 3.39. The quantitative estimate of drug-likeness (QED) is 0.667. The van der Waals surface area contributed by atoms with Crippen molar-refractivity contribution in [3.05, 3.63) is 55.1 Å². The molecule has 0 aliphatic carbocycles. The van der Waals surface area contributed by atoms with Crippen molar-refractivity contribution in [2.75, 3.05) is 31.1 Å². The minimum atomic E-state index is 0.0440. The van der Waals surface area contributed by atoms with Gasteiger partial charge in [-0.3, -0.25) is 9.55 Å². The van der Waals surface area contributed by atoms with Crippen LogP contribution < -0.4 is 4.90 Å². The fourth-order valence-electron chi connectivity index (χ4n) is 4.55. The summed E-state index contributed by atoms with van der Waals surface area (Å²) in [6.45, 7) is 3.79. The molecule has 138 valence electrons. The molecule has 0 radical (unpaired) electrons. The molecule has 6 nitrogen and oxygen atoms in total. The Bertz CT molecular complexity index is 959. The number of amides is 1. The Balaban J connectivity index is 1.27. The number of para-hydroxylation sites is 2. The molecule has 0 N–H and O–H groups in total. The summed E-state index contributed by atoms with van der Waals surface area (Å²) in [5.74, 6) is 0. The van der Waals surface area contributed by atoms with Crippen molar-refractivity contribution in [1.29, 1.82) is 0 Å². The molecule has 2 aromatic heterocycles. The summed E-state index contributed by atoms with van der Waals surface area (Å²) >= 11 is 0. The molecule has 2 aliphatic rings. The van der Waals surface area contributed by atoms with Crippen LogP contribution in [0, 0.1) is 5.41 Å². The summed E-state index contributed by atoms with van der Waals surface area (Å²) in [6.07, 6.45) is 8.69. The maximum Gasteiger partial charge on any atom is 0.329 e. The third kappa shape index (κ3) is 2.85. The van der Waals surface area contributed by atoms with E-state index in [1.165, 1.54) is 12.1 Å². The van der Waals surface area contributed by atoms with Crippen LogP contribution in [-0.2, 0) is 0 Å². The van der Waals surface area contributed by atoms with Gasteiger partial charge in [0.05, 0.1) is 11.0 Å². The van der Waals surface area contributed by atoms with E-state index in [1.54, 1.807) is 10.9 Å². The van der Waals surface area contributed by atoms with Gasteiger partial charge in [0.15, 0.2) is 0 Å². The molecule has 1 spiro atoms. The van der Waals surface area contributed by atoms with Gasteiger partial charge in [-0.05, 0) is 48.9 Å². The Morgan fingerprint density at radius 2 is 1.70 bits per heavy atom. The first-order chi connectivity index (χ1) is 13.2. The number of benzene rings is 1. The fourth-order valence-corrected chi connectivity index (χ4v) is 4.55. The van der Waals surface area contributed by atoms with Crippen LogP contribution in [0.2, 0.25) is 0 Å². The number of rotatable bonds is 1. The number of pyridine rings is 1. The second kappa shape index (κ2) is 6.37. The number of carbonyl (C=O) groups excluding carboxylic acids is 1. The number of hydrogen-bond acceptors (Lipinski definition) is 4. The minimum Gasteiger partial charge on any atom is -0.371 e. The molecule has 1 aromatic carbocycles. The van der Waals surface area contributed by atoms with E-state index in [1.807, 2.05) is 41.6 Å². The average molecular weight is 361 g/mol. The molecule has 0 saturated carbocycles. The van der Waals surface area contributed by atoms with Crippen LogP contribution >= 0.6 is 0 Å². The third-order valence-electron chi connectivity index (χ3n) is 6.22. The maximum absolute atomic E-state index is 13.0. The van der Waals surface area contributed by atoms with Gasteiger partial charge in [0.25, 0.3) is 0 Å². The lowest BCUT2D eigenvalue weighted by Gasteiger charge is -2.39. The van der Waals surface area contributed by atoms with E-state index in [0.717, 1.165) is 50.1 Å². The zero-order valence-corrected chi connectivity index (χ0v) is 15.3. The monoisotopic (exact) mass is 361 g/mol. The smallest absolute Gasteiger partial charge is 0.329 e. The van der Waals surface area contributed by atoms with Gasteiger partial charge in [0.1, 0.15) is 6.33 Å². The zero-order chi connectivity index (χ0) is 18.3. The highest BCUT2D eigenvalue weighted by atomic mass is 16.2. The van der Waals surface area contributed by atoms with E-state index >= 15 is 0 Å². The lowest BCUT2D eigenvalue weighted by molar-refractivity contribution is 0.132. The van der Waals surface area contributed by atoms with Gasteiger partial charge >= 0.3 is 6.03 Å². The first kappa shape index (κ1) is 16.3. The molecule has 2 saturated heterocycles. The number of carbonyl (C=O) groups is 1. The number of fused-ring (bicyclic) bond motifs is 1. The van der Waals surface area contributed by atoms with Crippen LogP contribution in [0.4, 0.5) is 10.5 Å². The van der Waals surface area contributed by atoms with Crippen LogP contribution in [0.1, 0.15) is 19.3 Å². The Morgan fingerprint density at radius 3 is 2.52 bits per heavy atom. The van der Waals surface area contributed by atoms with Crippen LogP contribution in [0.25, 0.3) is 11.0 Å². The Hall–Kier alpha value is -2.89. The second-order valence-electron chi connectivity index (χ2n) is 7.75. The number of piperidine rings is 1. The van der Waals surface area contributed by atoms with Gasteiger partial charge < -0.3 is 9.80 Å². The van der Waals surface area contributed by atoms with Gasteiger partial charge in [0, 0.05) is 44.3 Å². The highest BCUT2D eigenvalue weighted by Crippen LogP contribution is 2.41. The predicted molar refractivity (Wildman–Crippen MR) is 105 cm³/mol. The molecular weight excluding hydrogens is 338 g/mol. The van der Waals surface area contributed by atoms with Crippen molar-refractivity contribution in [2.45, 2.75) is 19.3 Å². The molecule has 27 heavy (non-hydrogen) atoms. The van der Waals surface area contributed by atoms with Gasteiger partial charge in [-0.1, -0.05) is 12.1 Å². The Labute approximate surface area is 158 Å². The summed E-state index contributed by atoms with van der Waals surface area (Å²) in [6, 6.07) is 12.0. The van der Waals surface area contributed by atoms with E-state index < -0.39 is 0 Å². The number of nitrogens with zero attached hydrogens (tertiary/aromatic N) is 5. The Kier molecular flexibility index (Phi) is 3.85. The van der Waals surface area contributed by atoms with E-state index in [-0.39, 0.29) is 6.03 Å². The van der Waals surface area contributed by atoms with E-state index in [4.69, 9.17) is 0 Å². The zero-order valence-electron chi connectivity index (χ0n) is 15.3. The number of aromatic nitrogens is 3. The SMILES string of the molecule is O=C(N1CCC2(CC1)CCN(c1ccncc1)C2)n1cnc2ccccc21. The third-order valence-corrected chi connectivity index (χ3v) is 6.22. The van der Waals surface area contributed by atoms with Gasteiger partial charge in [0.2, 0.25) is 0 Å². The Morgan fingerprint density at radius 1 is 0.963 bits per heavy atom. The number of hydrogen-bond donors (Lipinski definition) is 0. The van der Waals surface area contributed by atoms with Crippen LogP contribution in [-0.4, -0.2) is 51.6 Å². The normalized spacial score (nSPS) is 19.1. The summed E-state index contributed by atoms with van der Waals surface area (Å²) in [5, 5.41) is 0. The van der Waals surface area contributed by atoms with Gasteiger partial charge in [-0.2, -0.15) is 0 Å². The van der Waals surface area contributed by atoms with Crippen LogP contribution in [0.3, 0.4) is 0 Å².